The standard InChI is InChI=1S/C34H39NO5/c1-34(2)39-30(24-38-23-26-15-8-5-9-16-26)33(40-34)32-31-27(17-12-19-29(31)36-3)21-28(35-32)18-10-11-20-37-22-25-13-6-4-7-14-25/h4-9,12-17,19,21,30,33H,10-11,18,20,22-24H2,1-3H3/t30-,33+/m1/s1. The van der Waals surface area contributed by atoms with Gasteiger partial charge in [0.2, 0.25) is 0 Å². The first-order chi connectivity index (χ1) is 19.5. The molecule has 5 rings (SSSR count). The summed E-state index contributed by atoms with van der Waals surface area (Å²) in [5.74, 6) is 0.0196. The average Bonchev–Trinajstić information content (AvgIpc) is 3.29. The summed E-state index contributed by atoms with van der Waals surface area (Å²) < 4.78 is 30.6. The van der Waals surface area contributed by atoms with E-state index in [0.717, 1.165) is 59.3 Å². The number of benzene rings is 3. The number of hydrogen-bond acceptors (Lipinski definition) is 6. The van der Waals surface area contributed by atoms with Crippen LogP contribution in [0.2, 0.25) is 0 Å². The predicted octanol–water partition coefficient (Wildman–Crippen LogP) is 7.19. The number of methoxy groups -OCH3 is 1. The van der Waals surface area contributed by atoms with Crippen LogP contribution in [0.25, 0.3) is 10.8 Å². The highest BCUT2D eigenvalue weighted by atomic mass is 16.8. The second kappa shape index (κ2) is 13.4. The van der Waals surface area contributed by atoms with Gasteiger partial charge in [-0.15, -0.1) is 0 Å². The first kappa shape index (κ1) is 28.2. The minimum Gasteiger partial charge on any atom is -0.496 e. The van der Waals surface area contributed by atoms with Crippen LogP contribution < -0.4 is 4.74 Å². The molecular weight excluding hydrogens is 502 g/mol. The second-order valence-electron chi connectivity index (χ2n) is 10.6. The fraction of sp³-hybridized carbons (Fsp3) is 0.382. The molecule has 1 aromatic heterocycles. The van der Waals surface area contributed by atoms with Crippen molar-refractivity contribution in [3.63, 3.8) is 0 Å². The van der Waals surface area contributed by atoms with Gasteiger partial charge in [-0.3, -0.25) is 4.98 Å². The van der Waals surface area contributed by atoms with E-state index in [1.54, 1.807) is 7.11 Å². The number of nitrogens with zero attached hydrogens (tertiary/aromatic N) is 1. The maximum atomic E-state index is 6.47. The molecule has 2 atom stereocenters. The molecule has 40 heavy (non-hydrogen) atoms. The van der Waals surface area contributed by atoms with Crippen molar-refractivity contribution < 1.29 is 23.7 Å². The minimum absolute atomic E-state index is 0.305. The summed E-state index contributed by atoms with van der Waals surface area (Å²) in [6.07, 6.45) is 2.10. The molecule has 1 aliphatic heterocycles. The van der Waals surface area contributed by atoms with Crippen LogP contribution in [-0.4, -0.2) is 37.2 Å². The monoisotopic (exact) mass is 541 g/mol. The Morgan fingerprint density at radius 3 is 2.20 bits per heavy atom. The Morgan fingerprint density at radius 1 is 0.800 bits per heavy atom. The van der Waals surface area contributed by atoms with E-state index in [2.05, 4.69) is 36.4 Å². The van der Waals surface area contributed by atoms with E-state index in [4.69, 9.17) is 28.7 Å². The molecule has 4 aromatic rings. The maximum Gasteiger partial charge on any atom is 0.164 e. The average molecular weight is 542 g/mol. The normalized spacial score (nSPS) is 18.3. The van der Waals surface area contributed by atoms with Gasteiger partial charge in [0.05, 0.1) is 32.6 Å². The third kappa shape index (κ3) is 7.26. The number of unbranched alkanes of at least 4 members (excludes halogenated alkanes) is 1. The van der Waals surface area contributed by atoms with E-state index < -0.39 is 11.9 Å². The summed E-state index contributed by atoms with van der Waals surface area (Å²) in [6.45, 7) is 6.15. The summed E-state index contributed by atoms with van der Waals surface area (Å²) in [7, 11) is 1.69. The third-order valence-corrected chi connectivity index (χ3v) is 7.05. The second-order valence-corrected chi connectivity index (χ2v) is 10.6. The van der Waals surface area contributed by atoms with Crippen molar-refractivity contribution in [2.45, 2.75) is 64.3 Å². The van der Waals surface area contributed by atoms with Crippen LogP contribution in [0.4, 0.5) is 0 Å². The van der Waals surface area contributed by atoms with Crippen LogP contribution in [0.5, 0.6) is 5.75 Å². The van der Waals surface area contributed by atoms with Gasteiger partial charge < -0.3 is 23.7 Å². The zero-order valence-corrected chi connectivity index (χ0v) is 23.7. The molecule has 0 aliphatic carbocycles. The molecule has 1 saturated heterocycles. The van der Waals surface area contributed by atoms with E-state index in [9.17, 15) is 0 Å². The van der Waals surface area contributed by atoms with E-state index in [-0.39, 0.29) is 6.10 Å². The lowest BCUT2D eigenvalue weighted by Gasteiger charge is -2.20. The quantitative estimate of drug-likeness (QED) is 0.167. The Morgan fingerprint density at radius 2 is 1.50 bits per heavy atom. The Labute approximate surface area is 237 Å². The summed E-state index contributed by atoms with van der Waals surface area (Å²) >= 11 is 0. The summed E-state index contributed by atoms with van der Waals surface area (Å²) in [5, 5.41) is 2.04. The SMILES string of the molecule is COc1cccc2cc(CCCCOCc3ccccc3)nc([C@H]3OC(C)(C)O[C@@H]3COCc3ccccc3)c12. The van der Waals surface area contributed by atoms with E-state index in [1.165, 1.54) is 5.56 Å². The molecule has 1 aliphatic rings. The summed E-state index contributed by atoms with van der Waals surface area (Å²) in [4.78, 5) is 5.16. The van der Waals surface area contributed by atoms with Crippen molar-refractivity contribution >= 4 is 10.8 Å². The molecule has 6 heteroatoms. The molecule has 0 amide bonds. The van der Waals surface area contributed by atoms with Gasteiger partial charge in [0.25, 0.3) is 0 Å². The highest BCUT2D eigenvalue weighted by molar-refractivity contribution is 5.91. The highest BCUT2D eigenvalue weighted by Gasteiger charge is 2.44. The van der Waals surface area contributed by atoms with Crippen molar-refractivity contribution in [1.82, 2.24) is 4.98 Å². The van der Waals surface area contributed by atoms with Gasteiger partial charge in [-0.05, 0) is 61.8 Å². The van der Waals surface area contributed by atoms with E-state index in [1.807, 2.05) is 62.4 Å². The van der Waals surface area contributed by atoms with Crippen LogP contribution in [0.3, 0.4) is 0 Å². The zero-order chi connectivity index (χ0) is 27.8. The molecule has 0 radical (unpaired) electrons. The van der Waals surface area contributed by atoms with Crippen molar-refractivity contribution in [1.29, 1.82) is 0 Å². The predicted molar refractivity (Wildman–Crippen MR) is 156 cm³/mol. The van der Waals surface area contributed by atoms with Crippen LogP contribution in [0.1, 0.15) is 55.3 Å². The Hall–Kier alpha value is -3.29. The molecular formula is C34H39NO5. The molecule has 0 spiro atoms. The molecule has 0 saturated carbocycles. The van der Waals surface area contributed by atoms with Gasteiger partial charge in [0.1, 0.15) is 18.0 Å². The van der Waals surface area contributed by atoms with Crippen LogP contribution in [0.15, 0.2) is 84.9 Å². The number of ether oxygens (including phenoxy) is 5. The van der Waals surface area contributed by atoms with Gasteiger partial charge >= 0.3 is 0 Å². The summed E-state index contributed by atoms with van der Waals surface area (Å²) in [5.41, 5.74) is 4.18. The molecule has 6 nitrogen and oxygen atoms in total. The fourth-order valence-corrected chi connectivity index (χ4v) is 5.20. The lowest BCUT2D eigenvalue weighted by Crippen LogP contribution is -2.25. The van der Waals surface area contributed by atoms with Gasteiger partial charge in [0, 0.05) is 17.7 Å². The lowest BCUT2D eigenvalue weighted by molar-refractivity contribution is -0.151. The van der Waals surface area contributed by atoms with Crippen molar-refractivity contribution in [2.75, 3.05) is 20.3 Å². The minimum atomic E-state index is -0.756. The van der Waals surface area contributed by atoms with Crippen LogP contribution in [0, 0.1) is 0 Å². The third-order valence-electron chi connectivity index (χ3n) is 7.05. The molecule has 2 heterocycles. The number of aryl methyl sites for hydroxylation is 1. The number of aromatic nitrogens is 1. The lowest BCUT2D eigenvalue weighted by atomic mass is 10.00. The highest BCUT2D eigenvalue weighted by Crippen LogP contribution is 2.42. The van der Waals surface area contributed by atoms with Gasteiger partial charge in [0.15, 0.2) is 5.79 Å². The van der Waals surface area contributed by atoms with Gasteiger partial charge in [-0.2, -0.15) is 0 Å². The molecule has 0 N–H and O–H groups in total. The Kier molecular flexibility index (Phi) is 9.45. The van der Waals surface area contributed by atoms with Crippen LogP contribution >= 0.6 is 0 Å². The maximum absolute atomic E-state index is 6.47. The Balaban J connectivity index is 1.30. The first-order valence-corrected chi connectivity index (χ1v) is 14.1. The number of fused-ring (bicyclic) bond motifs is 1. The number of rotatable bonds is 13. The molecule has 1 fully saturated rings. The number of hydrogen-bond donors (Lipinski definition) is 0. The fourth-order valence-electron chi connectivity index (χ4n) is 5.20. The summed E-state index contributed by atoms with van der Waals surface area (Å²) in [6, 6.07) is 28.7. The molecule has 210 valence electrons. The first-order valence-electron chi connectivity index (χ1n) is 14.1. The van der Waals surface area contributed by atoms with Crippen molar-refractivity contribution in [3.8, 4) is 5.75 Å². The van der Waals surface area contributed by atoms with Gasteiger partial charge in [-0.25, -0.2) is 0 Å². The molecule has 3 aromatic carbocycles. The van der Waals surface area contributed by atoms with Crippen molar-refractivity contribution in [2.24, 2.45) is 0 Å². The smallest absolute Gasteiger partial charge is 0.164 e. The van der Waals surface area contributed by atoms with Crippen molar-refractivity contribution in [3.05, 3.63) is 107 Å². The zero-order valence-electron chi connectivity index (χ0n) is 23.7. The van der Waals surface area contributed by atoms with Gasteiger partial charge in [-0.1, -0.05) is 72.8 Å². The molecule has 0 unspecified atom stereocenters. The van der Waals surface area contributed by atoms with Crippen LogP contribution in [-0.2, 0) is 38.6 Å². The number of pyridine rings is 1. The molecule has 0 bridgehead atoms. The largest absolute Gasteiger partial charge is 0.496 e. The van der Waals surface area contributed by atoms with E-state index in [0.29, 0.717) is 19.8 Å². The van der Waals surface area contributed by atoms with E-state index >= 15 is 0 Å². The topological polar surface area (TPSA) is 59.0 Å². The Bertz CT molecular complexity index is 1360.